The van der Waals surface area contributed by atoms with Crippen LogP contribution in [0.25, 0.3) is 17.0 Å². The number of nitrogens with zero attached hydrogens (tertiary/aromatic N) is 1. The van der Waals surface area contributed by atoms with Crippen LogP contribution in [0, 0.1) is 0 Å². The second kappa shape index (κ2) is 4.55. The van der Waals surface area contributed by atoms with Gasteiger partial charge in [-0.25, -0.2) is 4.79 Å². The van der Waals surface area contributed by atoms with Crippen molar-refractivity contribution in [2.45, 2.75) is 0 Å². The minimum Gasteiger partial charge on any atom is -0.465 e. The third-order valence-electron chi connectivity index (χ3n) is 2.41. The zero-order valence-corrected chi connectivity index (χ0v) is 9.99. The van der Waals surface area contributed by atoms with Crippen LogP contribution in [0.3, 0.4) is 0 Å². The minimum atomic E-state index is -0.419. The highest BCUT2D eigenvalue weighted by molar-refractivity contribution is 6.35. The second-order valence-corrected chi connectivity index (χ2v) is 3.90. The summed E-state index contributed by atoms with van der Waals surface area (Å²) in [4.78, 5) is 15.7. The number of fused-ring (bicyclic) bond motifs is 1. The molecule has 86 valence electrons. The van der Waals surface area contributed by atoms with Crippen molar-refractivity contribution in [3.63, 3.8) is 0 Å². The normalized spacial score (nSPS) is 10.2. The Morgan fingerprint density at radius 2 is 2.24 bits per heavy atom. The first-order valence-electron chi connectivity index (χ1n) is 4.95. The van der Waals surface area contributed by atoms with Gasteiger partial charge >= 0.3 is 5.97 Å². The quantitative estimate of drug-likeness (QED) is 0.765. The lowest BCUT2D eigenvalue weighted by Gasteiger charge is -2.04. The molecule has 0 bridgehead atoms. The molecule has 4 heteroatoms. The van der Waals surface area contributed by atoms with Crippen LogP contribution in [-0.2, 0) is 4.74 Å². The number of carbonyl (C=O) groups is 1. The van der Waals surface area contributed by atoms with Gasteiger partial charge in [0.15, 0.2) is 0 Å². The van der Waals surface area contributed by atoms with E-state index >= 15 is 0 Å². The molecule has 1 aromatic carbocycles. The van der Waals surface area contributed by atoms with Crippen molar-refractivity contribution in [1.82, 2.24) is 4.98 Å². The van der Waals surface area contributed by atoms with Crippen LogP contribution in [0.15, 0.2) is 31.0 Å². The Balaban J connectivity index is 2.69. The fourth-order valence-corrected chi connectivity index (χ4v) is 1.85. The number of benzene rings is 1. The summed E-state index contributed by atoms with van der Waals surface area (Å²) in [5.74, 6) is -0.419. The van der Waals surface area contributed by atoms with Crippen LogP contribution in [0.1, 0.15) is 15.9 Å². The summed E-state index contributed by atoms with van der Waals surface area (Å²) in [6.45, 7) is 3.67. The van der Waals surface area contributed by atoms with E-state index in [1.165, 1.54) is 7.11 Å². The van der Waals surface area contributed by atoms with Crippen LogP contribution in [0.4, 0.5) is 0 Å². The van der Waals surface area contributed by atoms with Gasteiger partial charge in [0.25, 0.3) is 0 Å². The lowest BCUT2D eigenvalue weighted by atomic mass is 10.1. The molecule has 0 aliphatic carbocycles. The molecule has 0 saturated carbocycles. The molecule has 0 aliphatic heterocycles. The lowest BCUT2D eigenvalue weighted by molar-refractivity contribution is 0.0601. The van der Waals surface area contributed by atoms with Crippen molar-refractivity contribution in [3.05, 3.63) is 47.1 Å². The van der Waals surface area contributed by atoms with E-state index in [-0.39, 0.29) is 0 Å². The topological polar surface area (TPSA) is 39.2 Å². The number of hydrogen-bond donors (Lipinski definition) is 0. The smallest absolute Gasteiger partial charge is 0.337 e. The minimum absolute atomic E-state index is 0.410. The van der Waals surface area contributed by atoms with E-state index in [4.69, 9.17) is 11.6 Å². The number of esters is 1. The van der Waals surface area contributed by atoms with Gasteiger partial charge in [-0.1, -0.05) is 24.3 Å². The summed E-state index contributed by atoms with van der Waals surface area (Å²) in [6.07, 6.45) is 3.37. The van der Waals surface area contributed by atoms with E-state index in [1.807, 2.05) is 6.07 Å². The molecule has 1 heterocycles. The van der Waals surface area contributed by atoms with Crippen LogP contribution in [0.5, 0.6) is 0 Å². The molecule has 0 radical (unpaired) electrons. The fraction of sp³-hybridized carbons (Fsp3) is 0.0769. The zero-order valence-electron chi connectivity index (χ0n) is 9.24. The highest BCUT2D eigenvalue weighted by Gasteiger charge is 2.10. The predicted octanol–water partition coefficient (Wildman–Crippen LogP) is 3.32. The third kappa shape index (κ3) is 2.15. The molecular weight excluding hydrogens is 238 g/mol. The molecule has 0 amide bonds. The van der Waals surface area contributed by atoms with Crippen molar-refractivity contribution in [1.29, 1.82) is 0 Å². The summed E-state index contributed by atoms with van der Waals surface area (Å²) in [5.41, 5.74) is 1.94. The van der Waals surface area contributed by atoms with E-state index < -0.39 is 5.97 Å². The van der Waals surface area contributed by atoms with E-state index in [9.17, 15) is 4.79 Å². The molecule has 0 unspecified atom stereocenters. The van der Waals surface area contributed by atoms with Gasteiger partial charge in [-0.05, 0) is 23.8 Å². The Morgan fingerprint density at radius 3 is 2.88 bits per heavy atom. The number of methoxy groups -OCH3 is 1. The number of pyridine rings is 1. The SMILES string of the molecule is C=Cc1cnc2c(Cl)cc(C(=O)OC)cc2c1. The number of hydrogen-bond acceptors (Lipinski definition) is 3. The van der Waals surface area contributed by atoms with Gasteiger partial charge in [0.05, 0.1) is 23.2 Å². The highest BCUT2D eigenvalue weighted by Crippen LogP contribution is 2.25. The first-order valence-corrected chi connectivity index (χ1v) is 5.33. The van der Waals surface area contributed by atoms with Gasteiger partial charge in [-0.15, -0.1) is 0 Å². The molecule has 0 spiro atoms. The van der Waals surface area contributed by atoms with Gasteiger partial charge in [0.2, 0.25) is 0 Å². The van der Waals surface area contributed by atoms with E-state index in [1.54, 1.807) is 24.4 Å². The van der Waals surface area contributed by atoms with E-state index in [2.05, 4.69) is 16.3 Å². The summed E-state index contributed by atoms with van der Waals surface area (Å²) in [7, 11) is 1.33. The molecule has 1 aromatic heterocycles. The summed E-state index contributed by atoms with van der Waals surface area (Å²) in [5, 5.41) is 1.22. The Kier molecular flexibility index (Phi) is 3.11. The van der Waals surface area contributed by atoms with E-state index in [0.717, 1.165) is 10.9 Å². The maximum absolute atomic E-state index is 11.4. The zero-order chi connectivity index (χ0) is 12.4. The monoisotopic (exact) mass is 247 g/mol. The molecule has 17 heavy (non-hydrogen) atoms. The van der Waals surface area contributed by atoms with Crippen LogP contribution >= 0.6 is 11.6 Å². The third-order valence-corrected chi connectivity index (χ3v) is 2.70. The largest absolute Gasteiger partial charge is 0.465 e. The Morgan fingerprint density at radius 1 is 1.47 bits per heavy atom. The summed E-state index contributed by atoms with van der Waals surface area (Å²) < 4.78 is 4.66. The van der Waals surface area contributed by atoms with Gasteiger partial charge in [-0.2, -0.15) is 0 Å². The molecule has 0 atom stereocenters. The molecule has 2 rings (SSSR count). The lowest BCUT2D eigenvalue weighted by Crippen LogP contribution is -2.01. The number of carbonyl (C=O) groups excluding carboxylic acids is 1. The average molecular weight is 248 g/mol. The maximum atomic E-state index is 11.4. The molecular formula is C13H10ClNO2. The number of ether oxygens (including phenoxy) is 1. The first kappa shape index (κ1) is 11.6. The van der Waals surface area contributed by atoms with Crippen LogP contribution in [-0.4, -0.2) is 18.1 Å². The van der Waals surface area contributed by atoms with Gasteiger partial charge in [-0.3, -0.25) is 4.98 Å². The number of aromatic nitrogens is 1. The highest BCUT2D eigenvalue weighted by atomic mass is 35.5. The number of halogens is 1. The molecule has 0 aliphatic rings. The van der Waals surface area contributed by atoms with Crippen molar-refractivity contribution in [2.75, 3.05) is 7.11 Å². The second-order valence-electron chi connectivity index (χ2n) is 3.49. The van der Waals surface area contributed by atoms with Crippen LogP contribution < -0.4 is 0 Å². The Bertz CT molecular complexity index is 608. The van der Waals surface area contributed by atoms with Gasteiger partial charge in [0.1, 0.15) is 0 Å². The van der Waals surface area contributed by atoms with Crippen molar-refractivity contribution in [2.24, 2.45) is 0 Å². The average Bonchev–Trinajstić information content (AvgIpc) is 2.36. The predicted molar refractivity (Wildman–Crippen MR) is 68.2 cm³/mol. The maximum Gasteiger partial charge on any atom is 0.337 e. The molecule has 0 N–H and O–H groups in total. The van der Waals surface area contributed by atoms with Crippen LogP contribution in [0.2, 0.25) is 5.02 Å². The number of rotatable bonds is 2. The first-order chi connectivity index (χ1) is 8.15. The van der Waals surface area contributed by atoms with Crippen molar-refractivity contribution < 1.29 is 9.53 Å². The Hall–Kier alpha value is -1.87. The summed E-state index contributed by atoms with van der Waals surface area (Å²) in [6, 6.07) is 5.12. The standard InChI is InChI=1S/C13H10ClNO2/c1-3-8-4-9-5-10(13(16)17-2)6-11(14)12(9)15-7-8/h3-7H,1H2,2H3. The van der Waals surface area contributed by atoms with Gasteiger partial charge < -0.3 is 4.74 Å². The van der Waals surface area contributed by atoms with Crippen molar-refractivity contribution in [3.8, 4) is 0 Å². The molecule has 3 nitrogen and oxygen atoms in total. The molecule has 2 aromatic rings. The summed E-state index contributed by atoms with van der Waals surface area (Å²) >= 11 is 6.06. The molecule has 0 saturated heterocycles. The van der Waals surface area contributed by atoms with Crippen molar-refractivity contribution >= 4 is 34.5 Å². The van der Waals surface area contributed by atoms with Gasteiger partial charge in [0, 0.05) is 11.6 Å². The molecule has 0 fully saturated rings. The van der Waals surface area contributed by atoms with E-state index in [0.29, 0.717) is 16.1 Å². The fourth-order valence-electron chi connectivity index (χ4n) is 1.57. The Labute approximate surface area is 104 Å².